The van der Waals surface area contributed by atoms with Gasteiger partial charge in [-0.05, 0) is 29.7 Å². The second-order valence-electron chi connectivity index (χ2n) is 7.90. The molecule has 8 N–H and O–H groups in total. The third-order valence-electron chi connectivity index (χ3n) is 4.96. The predicted molar refractivity (Wildman–Crippen MR) is 129 cm³/mol. The van der Waals surface area contributed by atoms with Gasteiger partial charge in [-0.15, -0.1) is 0 Å². The number of aromatic hydroxyl groups is 1. The van der Waals surface area contributed by atoms with E-state index in [2.05, 4.69) is 21.3 Å². The van der Waals surface area contributed by atoms with E-state index < -0.39 is 61.3 Å². The fraction of sp³-hybridized carbons (Fsp3) is 0.292. The van der Waals surface area contributed by atoms with E-state index in [-0.39, 0.29) is 18.6 Å². The summed E-state index contributed by atoms with van der Waals surface area (Å²) in [5, 5.41) is 27.9. The largest absolute Gasteiger partial charge is 0.508 e. The smallest absolute Gasteiger partial charge is 0.326 e. The fourth-order valence-electron chi connectivity index (χ4n) is 3.06. The molecular weight excluding hydrogens is 470 g/mol. The van der Waals surface area contributed by atoms with Crippen LogP contribution in [0, 0.1) is 0 Å². The minimum absolute atomic E-state index is 0.0796. The van der Waals surface area contributed by atoms with Crippen LogP contribution in [0.1, 0.15) is 11.1 Å². The summed E-state index contributed by atoms with van der Waals surface area (Å²) in [6.07, 6.45) is 0.280. The number of carboxylic acid groups (broad SMARTS) is 1. The van der Waals surface area contributed by atoms with Crippen molar-refractivity contribution in [2.75, 3.05) is 19.6 Å². The summed E-state index contributed by atoms with van der Waals surface area (Å²) in [5.41, 5.74) is 7.27. The number of carbonyl (C=O) groups excluding carboxylic acids is 4. The molecular formula is C24H29N5O7. The lowest BCUT2D eigenvalue weighted by Crippen LogP contribution is -2.49. The standard InChI is InChI=1S/C24H29N5O7/c25-18(10-16-6-8-17(30)9-7-16)23(34)28-13-21(32)26-12-20(31)27-14-22(33)29-19(24(35)36)11-15-4-2-1-3-5-15/h1-9,18-19,30H,10-14,25H2,(H,26,32)(H,27,31)(H,28,34)(H,29,33)(H,35,36)/t18-,19-/m0/s1. The van der Waals surface area contributed by atoms with Crippen LogP contribution >= 0.6 is 0 Å². The highest BCUT2D eigenvalue weighted by atomic mass is 16.4. The third kappa shape index (κ3) is 10.2. The zero-order valence-electron chi connectivity index (χ0n) is 19.4. The Hall–Kier alpha value is -4.45. The van der Waals surface area contributed by atoms with E-state index in [1.807, 2.05) is 0 Å². The Morgan fingerprint density at radius 1 is 0.722 bits per heavy atom. The zero-order valence-corrected chi connectivity index (χ0v) is 19.4. The van der Waals surface area contributed by atoms with Crippen molar-refractivity contribution in [1.82, 2.24) is 21.3 Å². The number of carboxylic acids is 1. The fourth-order valence-corrected chi connectivity index (χ4v) is 3.06. The molecule has 0 fully saturated rings. The van der Waals surface area contributed by atoms with Gasteiger partial charge in [-0.1, -0.05) is 42.5 Å². The first kappa shape index (κ1) is 27.8. The summed E-state index contributed by atoms with van der Waals surface area (Å²) >= 11 is 0. The Labute approximate surface area is 207 Å². The molecule has 0 heterocycles. The van der Waals surface area contributed by atoms with Crippen LogP contribution in [0.5, 0.6) is 5.75 Å². The summed E-state index contributed by atoms with van der Waals surface area (Å²) in [5.74, 6) is -3.71. The lowest BCUT2D eigenvalue weighted by Gasteiger charge is -2.15. The number of nitrogens with one attached hydrogen (secondary N) is 4. The van der Waals surface area contributed by atoms with Gasteiger partial charge in [0.15, 0.2) is 0 Å². The van der Waals surface area contributed by atoms with Crippen LogP contribution < -0.4 is 27.0 Å². The summed E-state index contributed by atoms with van der Waals surface area (Å²) in [6.45, 7) is -1.33. The summed E-state index contributed by atoms with van der Waals surface area (Å²) < 4.78 is 0. The van der Waals surface area contributed by atoms with Gasteiger partial charge in [-0.2, -0.15) is 0 Å². The molecule has 0 aliphatic carbocycles. The molecule has 0 unspecified atom stereocenters. The molecule has 4 amide bonds. The molecule has 0 aliphatic heterocycles. The highest BCUT2D eigenvalue weighted by molar-refractivity contribution is 5.91. The number of rotatable bonds is 13. The summed E-state index contributed by atoms with van der Waals surface area (Å²) in [7, 11) is 0. The van der Waals surface area contributed by atoms with E-state index in [4.69, 9.17) is 5.73 Å². The molecule has 0 bridgehead atoms. The number of hydrogen-bond acceptors (Lipinski definition) is 7. The first-order chi connectivity index (χ1) is 17.1. The van der Waals surface area contributed by atoms with Gasteiger partial charge in [0.2, 0.25) is 23.6 Å². The van der Waals surface area contributed by atoms with Gasteiger partial charge in [-0.3, -0.25) is 19.2 Å². The van der Waals surface area contributed by atoms with Gasteiger partial charge in [0.05, 0.1) is 25.7 Å². The summed E-state index contributed by atoms with van der Waals surface area (Å²) in [6, 6.07) is 12.9. The molecule has 12 nitrogen and oxygen atoms in total. The van der Waals surface area contributed by atoms with Crippen LogP contribution in [0.15, 0.2) is 54.6 Å². The van der Waals surface area contributed by atoms with Gasteiger partial charge < -0.3 is 37.2 Å². The minimum atomic E-state index is -1.21. The molecule has 0 spiro atoms. The Morgan fingerprint density at radius 2 is 1.25 bits per heavy atom. The maximum Gasteiger partial charge on any atom is 0.326 e. The van der Waals surface area contributed by atoms with Crippen LogP contribution in [0.4, 0.5) is 0 Å². The van der Waals surface area contributed by atoms with Crippen molar-refractivity contribution in [2.24, 2.45) is 5.73 Å². The van der Waals surface area contributed by atoms with Crippen molar-refractivity contribution < 1.29 is 34.2 Å². The number of phenolic OH excluding ortho intramolecular Hbond substituents is 1. The van der Waals surface area contributed by atoms with Gasteiger partial charge in [-0.25, -0.2) is 4.79 Å². The molecule has 2 aromatic rings. The molecule has 12 heteroatoms. The van der Waals surface area contributed by atoms with Gasteiger partial charge in [0, 0.05) is 6.42 Å². The number of benzene rings is 2. The Morgan fingerprint density at radius 3 is 1.83 bits per heavy atom. The first-order valence-corrected chi connectivity index (χ1v) is 11.0. The average Bonchev–Trinajstić information content (AvgIpc) is 2.86. The minimum Gasteiger partial charge on any atom is -0.508 e. The van der Waals surface area contributed by atoms with Crippen molar-refractivity contribution in [1.29, 1.82) is 0 Å². The molecule has 0 saturated heterocycles. The molecule has 0 aromatic heterocycles. The number of nitrogens with two attached hydrogens (primary N) is 1. The van der Waals surface area contributed by atoms with Gasteiger partial charge >= 0.3 is 5.97 Å². The second kappa shape index (κ2) is 14.1. The van der Waals surface area contributed by atoms with Crippen molar-refractivity contribution >= 4 is 29.6 Å². The molecule has 0 radical (unpaired) electrons. The molecule has 192 valence electrons. The topological polar surface area (TPSA) is 200 Å². The van der Waals surface area contributed by atoms with Crippen LogP contribution in [0.2, 0.25) is 0 Å². The lowest BCUT2D eigenvalue weighted by atomic mass is 10.1. The number of phenols is 1. The SMILES string of the molecule is N[C@@H](Cc1ccc(O)cc1)C(=O)NCC(=O)NCC(=O)NCC(=O)N[C@@H](Cc1ccccc1)C(=O)O. The number of carbonyl (C=O) groups is 5. The van der Waals surface area contributed by atoms with E-state index in [1.165, 1.54) is 12.1 Å². The zero-order chi connectivity index (χ0) is 26.5. The highest BCUT2D eigenvalue weighted by Gasteiger charge is 2.21. The second-order valence-corrected chi connectivity index (χ2v) is 7.90. The van der Waals surface area contributed by atoms with Crippen LogP contribution in [0.3, 0.4) is 0 Å². The number of aliphatic carboxylic acids is 1. The molecule has 2 rings (SSSR count). The number of hydrogen-bond donors (Lipinski definition) is 7. The van der Waals surface area contributed by atoms with E-state index in [0.29, 0.717) is 0 Å². The van der Waals surface area contributed by atoms with E-state index >= 15 is 0 Å². The monoisotopic (exact) mass is 499 g/mol. The molecule has 2 aromatic carbocycles. The molecule has 2 atom stereocenters. The Balaban J connectivity index is 1.65. The highest BCUT2D eigenvalue weighted by Crippen LogP contribution is 2.10. The molecule has 36 heavy (non-hydrogen) atoms. The summed E-state index contributed by atoms with van der Waals surface area (Å²) in [4.78, 5) is 59.3. The van der Waals surface area contributed by atoms with Crippen LogP contribution in [-0.4, -0.2) is 71.5 Å². The van der Waals surface area contributed by atoms with Crippen molar-refractivity contribution in [3.63, 3.8) is 0 Å². The molecule has 0 saturated carbocycles. The first-order valence-electron chi connectivity index (χ1n) is 11.0. The van der Waals surface area contributed by atoms with Gasteiger partial charge in [0.1, 0.15) is 11.8 Å². The maximum atomic E-state index is 12.1. The predicted octanol–water partition coefficient (Wildman–Crippen LogP) is -1.58. The number of amides is 4. The van der Waals surface area contributed by atoms with Crippen LogP contribution in [0.25, 0.3) is 0 Å². The average molecular weight is 500 g/mol. The van der Waals surface area contributed by atoms with Crippen LogP contribution in [-0.2, 0) is 36.8 Å². The van der Waals surface area contributed by atoms with Gasteiger partial charge in [0.25, 0.3) is 0 Å². The van der Waals surface area contributed by atoms with Crippen molar-refractivity contribution in [2.45, 2.75) is 24.9 Å². The Kier molecular flexibility index (Phi) is 10.9. The maximum absolute atomic E-state index is 12.1. The quantitative estimate of drug-likeness (QED) is 0.171. The normalized spacial score (nSPS) is 12.0. The lowest BCUT2D eigenvalue weighted by molar-refractivity contribution is -0.141. The van der Waals surface area contributed by atoms with E-state index in [0.717, 1.165) is 11.1 Å². The van der Waals surface area contributed by atoms with Crippen molar-refractivity contribution in [3.05, 3.63) is 65.7 Å². The Bertz CT molecular complexity index is 1060. The van der Waals surface area contributed by atoms with E-state index in [1.54, 1.807) is 42.5 Å². The van der Waals surface area contributed by atoms with E-state index in [9.17, 15) is 34.2 Å². The molecule has 0 aliphatic rings. The van der Waals surface area contributed by atoms with Crippen molar-refractivity contribution in [3.8, 4) is 5.75 Å². The third-order valence-corrected chi connectivity index (χ3v) is 4.96.